The summed E-state index contributed by atoms with van der Waals surface area (Å²) in [6.45, 7) is 3.48. The number of piperazine rings is 1. The molecule has 37 heavy (non-hydrogen) atoms. The van der Waals surface area contributed by atoms with Crippen LogP contribution >= 0.6 is 11.6 Å². The highest BCUT2D eigenvalue weighted by Gasteiger charge is 2.33. The van der Waals surface area contributed by atoms with E-state index in [0.29, 0.717) is 36.9 Å². The van der Waals surface area contributed by atoms with Gasteiger partial charge in [0.15, 0.2) is 5.82 Å². The zero-order valence-electron chi connectivity index (χ0n) is 20.2. The van der Waals surface area contributed by atoms with Crippen molar-refractivity contribution in [2.75, 3.05) is 49.1 Å². The molecule has 0 atom stereocenters. The topological polar surface area (TPSA) is 52.6 Å². The molecule has 0 saturated carbocycles. The normalized spacial score (nSPS) is 17.2. The summed E-state index contributed by atoms with van der Waals surface area (Å²) >= 11 is 5.95. The lowest BCUT2D eigenvalue weighted by atomic mass is 9.95. The summed E-state index contributed by atoms with van der Waals surface area (Å²) < 4.78 is 39.2. The molecular weight excluding hydrogens is 503 g/mol. The number of carbonyl (C=O) groups excluding carboxylic acids is 1. The Morgan fingerprint density at radius 3 is 2.16 bits per heavy atom. The maximum atomic E-state index is 13.2. The van der Waals surface area contributed by atoms with E-state index in [2.05, 4.69) is 15.1 Å². The van der Waals surface area contributed by atoms with Crippen molar-refractivity contribution in [1.29, 1.82) is 0 Å². The standard InChI is InChI=1S/C27H27ClF3N5O/c28-22-6-4-19(5-7-22)24-8-9-25(33-32-24)35-12-10-20(11-13-35)26(37)36-16-14-34(15-17-36)23-3-1-2-21(18-23)27(29,30)31/h1-9,18,20H,10-17H2. The van der Waals surface area contributed by atoms with Crippen molar-refractivity contribution in [2.45, 2.75) is 19.0 Å². The van der Waals surface area contributed by atoms with E-state index in [1.807, 2.05) is 46.2 Å². The summed E-state index contributed by atoms with van der Waals surface area (Å²) in [5.74, 6) is 0.864. The minimum absolute atomic E-state index is 0.0577. The van der Waals surface area contributed by atoms with Gasteiger partial charge in [-0.05, 0) is 55.3 Å². The Morgan fingerprint density at radius 2 is 1.54 bits per heavy atom. The van der Waals surface area contributed by atoms with Gasteiger partial charge in [0.25, 0.3) is 0 Å². The zero-order valence-corrected chi connectivity index (χ0v) is 20.9. The average Bonchev–Trinajstić information content (AvgIpc) is 2.93. The monoisotopic (exact) mass is 529 g/mol. The van der Waals surface area contributed by atoms with E-state index in [1.165, 1.54) is 12.1 Å². The third kappa shape index (κ3) is 5.82. The predicted octanol–water partition coefficient (Wildman–Crippen LogP) is 5.38. The highest BCUT2D eigenvalue weighted by molar-refractivity contribution is 6.30. The second-order valence-corrected chi connectivity index (χ2v) is 9.84. The van der Waals surface area contributed by atoms with Gasteiger partial charge in [-0.15, -0.1) is 10.2 Å². The van der Waals surface area contributed by atoms with E-state index >= 15 is 0 Å². The molecule has 0 unspecified atom stereocenters. The molecule has 0 aliphatic carbocycles. The number of anilines is 2. The fourth-order valence-corrected chi connectivity index (χ4v) is 5.07. The predicted molar refractivity (Wildman–Crippen MR) is 138 cm³/mol. The molecule has 2 fully saturated rings. The van der Waals surface area contributed by atoms with Crippen molar-refractivity contribution in [1.82, 2.24) is 15.1 Å². The fraction of sp³-hybridized carbons (Fsp3) is 0.370. The number of halogens is 4. The van der Waals surface area contributed by atoms with Crippen molar-refractivity contribution < 1.29 is 18.0 Å². The maximum Gasteiger partial charge on any atom is 0.416 e. The highest BCUT2D eigenvalue weighted by Crippen LogP contribution is 2.32. The van der Waals surface area contributed by atoms with E-state index in [1.54, 1.807) is 6.07 Å². The van der Waals surface area contributed by atoms with E-state index in [0.717, 1.165) is 49.1 Å². The maximum absolute atomic E-state index is 13.2. The first-order valence-electron chi connectivity index (χ1n) is 12.3. The first-order valence-corrected chi connectivity index (χ1v) is 12.7. The summed E-state index contributed by atoms with van der Waals surface area (Å²) in [6.07, 6.45) is -2.91. The number of rotatable bonds is 4. The van der Waals surface area contributed by atoms with Crippen molar-refractivity contribution in [3.8, 4) is 11.3 Å². The number of nitrogens with zero attached hydrogens (tertiary/aromatic N) is 5. The highest BCUT2D eigenvalue weighted by atomic mass is 35.5. The van der Waals surface area contributed by atoms with Crippen LogP contribution in [-0.4, -0.2) is 60.3 Å². The molecule has 1 aromatic heterocycles. The largest absolute Gasteiger partial charge is 0.416 e. The summed E-state index contributed by atoms with van der Waals surface area (Å²) in [7, 11) is 0. The van der Waals surface area contributed by atoms with Crippen LogP contribution in [0.4, 0.5) is 24.7 Å². The van der Waals surface area contributed by atoms with Crippen LogP contribution in [0.3, 0.4) is 0 Å². The number of hydrogen-bond donors (Lipinski definition) is 0. The molecule has 0 bridgehead atoms. The molecule has 0 radical (unpaired) electrons. The Bertz CT molecular complexity index is 1220. The molecule has 0 spiro atoms. The van der Waals surface area contributed by atoms with Gasteiger partial charge in [0.2, 0.25) is 5.91 Å². The van der Waals surface area contributed by atoms with Crippen LogP contribution in [0.25, 0.3) is 11.3 Å². The van der Waals surface area contributed by atoms with Gasteiger partial charge in [-0.25, -0.2) is 0 Å². The zero-order chi connectivity index (χ0) is 26.0. The van der Waals surface area contributed by atoms with Gasteiger partial charge in [-0.3, -0.25) is 4.79 Å². The van der Waals surface area contributed by atoms with Crippen LogP contribution in [0.1, 0.15) is 18.4 Å². The van der Waals surface area contributed by atoms with Gasteiger partial charge in [-0.1, -0.05) is 29.8 Å². The van der Waals surface area contributed by atoms with Crippen LogP contribution in [0, 0.1) is 5.92 Å². The van der Waals surface area contributed by atoms with Gasteiger partial charge in [0, 0.05) is 61.5 Å². The molecular formula is C27H27ClF3N5O. The Balaban J connectivity index is 1.12. The number of benzene rings is 2. The number of hydrogen-bond acceptors (Lipinski definition) is 5. The average molecular weight is 530 g/mol. The lowest BCUT2D eigenvalue weighted by Crippen LogP contribution is -2.51. The molecule has 3 heterocycles. The van der Waals surface area contributed by atoms with Crippen molar-refractivity contribution in [2.24, 2.45) is 5.92 Å². The van der Waals surface area contributed by atoms with Crippen LogP contribution < -0.4 is 9.80 Å². The molecule has 10 heteroatoms. The van der Waals surface area contributed by atoms with Gasteiger partial charge in [0.1, 0.15) is 0 Å². The third-order valence-electron chi connectivity index (χ3n) is 7.09. The summed E-state index contributed by atoms with van der Waals surface area (Å²) in [4.78, 5) is 19.1. The molecule has 2 saturated heterocycles. The number of piperidine rings is 1. The second-order valence-electron chi connectivity index (χ2n) is 9.41. The molecule has 2 aromatic carbocycles. The number of carbonyl (C=O) groups is 1. The van der Waals surface area contributed by atoms with E-state index < -0.39 is 11.7 Å². The molecule has 2 aliphatic rings. The Labute approximate surface area is 218 Å². The van der Waals surface area contributed by atoms with Gasteiger partial charge in [-0.2, -0.15) is 13.2 Å². The lowest BCUT2D eigenvalue weighted by Gasteiger charge is -2.39. The summed E-state index contributed by atoms with van der Waals surface area (Å²) in [6, 6.07) is 16.7. The molecule has 5 rings (SSSR count). The second kappa shape index (κ2) is 10.6. The van der Waals surface area contributed by atoms with Gasteiger partial charge < -0.3 is 14.7 Å². The van der Waals surface area contributed by atoms with Gasteiger partial charge in [0.05, 0.1) is 11.3 Å². The smallest absolute Gasteiger partial charge is 0.368 e. The lowest BCUT2D eigenvalue weighted by molar-refractivity contribution is -0.137. The summed E-state index contributed by atoms with van der Waals surface area (Å²) in [5.41, 5.74) is 1.61. The minimum Gasteiger partial charge on any atom is -0.368 e. The fourth-order valence-electron chi connectivity index (χ4n) is 4.95. The van der Waals surface area contributed by atoms with Crippen LogP contribution in [0.5, 0.6) is 0 Å². The van der Waals surface area contributed by atoms with Crippen molar-refractivity contribution >= 4 is 29.0 Å². The molecule has 6 nitrogen and oxygen atoms in total. The Hall–Kier alpha value is -3.33. The first-order chi connectivity index (χ1) is 17.8. The van der Waals surface area contributed by atoms with Crippen LogP contribution in [-0.2, 0) is 11.0 Å². The van der Waals surface area contributed by atoms with Gasteiger partial charge >= 0.3 is 6.18 Å². The van der Waals surface area contributed by atoms with E-state index in [4.69, 9.17) is 11.6 Å². The molecule has 2 aliphatic heterocycles. The molecule has 3 aromatic rings. The minimum atomic E-state index is -4.37. The third-order valence-corrected chi connectivity index (χ3v) is 7.34. The van der Waals surface area contributed by atoms with Crippen LogP contribution in [0.2, 0.25) is 5.02 Å². The summed E-state index contributed by atoms with van der Waals surface area (Å²) in [5, 5.41) is 9.42. The SMILES string of the molecule is O=C(C1CCN(c2ccc(-c3ccc(Cl)cc3)nn2)CC1)N1CCN(c2cccc(C(F)(F)F)c2)CC1. The van der Waals surface area contributed by atoms with Crippen LogP contribution in [0.15, 0.2) is 60.7 Å². The molecule has 0 N–H and O–H groups in total. The van der Waals surface area contributed by atoms with Crippen molar-refractivity contribution in [3.63, 3.8) is 0 Å². The Morgan fingerprint density at radius 1 is 0.838 bits per heavy atom. The Kier molecular flexibility index (Phi) is 7.24. The van der Waals surface area contributed by atoms with E-state index in [-0.39, 0.29) is 11.8 Å². The first kappa shape index (κ1) is 25.3. The van der Waals surface area contributed by atoms with Crippen molar-refractivity contribution in [3.05, 3.63) is 71.2 Å². The molecule has 194 valence electrons. The molecule has 1 amide bonds. The number of aromatic nitrogens is 2. The number of amides is 1. The number of alkyl halides is 3. The van der Waals surface area contributed by atoms with E-state index in [9.17, 15) is 18.0 Å². The quantitative estimate of drug-likeness (QED) is 0.454.